The molecule has 1 saturated heterocycles. The number of nitrogens with zero attached hydrogens (tertiary/aromatic N) is 4. The van der Waals surface area contributed by atoms with Crippen molar-refractivity contribution >= 4 is 35.0 Å². The zero-order valence-corrected chi connectivity index (χ0v) is 20.8. The molecule has 0 bridgehead atoms. The Bertz CT molecular complexity index is 1430. The van der Waals surface area contributed by atoms with Crippen molar-refractivity contribution in [2.45, 2.75) is 34.7 Å². The van der Waals surface area contributed by atoms with Crippen LogP contribution in [0.2, 0.25) is 0 Å². The maximum absolute atomic E-state index is 13.5. The molecule has 11 nitrogen and oxygen atoms in total. The molecule has 0 radical (unpaired) electrons. The first-order chi connectivity index (χ1) is 16.4. The Morgan fingerprint density at radius 1 is 1.00 bits per heavy atom. The van der Waals surface area contributed by atoms with E-state index in [1.807, 2.05) is 0 Å². The molecule has 0 unspecified atom stereocenters. The van der Waals surface area contributed by atoms with Crippen molar-refractivity contribution in [1.82, 2.24) is 18.8 Å². The fourth-order valence-electron chi connectivity index (χ4n) is 5.57. The first-order valence-electron chi connectivity index (χ1n) is 10.7. The minimum Gasteiger partial charge on any atom is -0.502 e. The van der Waals surface area contributed by atoms with Gasteiger partial charge in [0.15, 0.2) is 21.2 Å². The van der Waals surface area contributed by atoms with Crippen molar-refractivity contribution in [2.75, 3.05) is 21.3 Å². The van der Waals surface area contributed by atoms with Crippen LogP contribution in [0.3, 0.4) is 0 Å². The highest BCUT2D eigenvalue weighted by atomic mass is 35.5. The summed E-state index contributed by atoms with van der Waals surface area (Å²) in [7, 11) is 5.36. The summed E-state index contributed by atoms with van der Waals surface area (Å²) in [5.74, 6) is -2.58. The van der Waals surface area contributed by atoms with Crippen LogP contribution in [0.15, 0.2) is 33.4 Å². The largest absolute Gasteiger partial charge is 0.502 e. The number of methoxy groups -OCH3 is 2. The van der Waals surface area contributed by atoms with Gasteiger partial charge in [-0.25, -0.2) is 23.5 Å². The number of allylic oxidation sites excluding steroid dienone is 2. The molecule has 35 heavy (non-hydrogen) atoms. The van der Waals surface area contributed by atoms with Gasteiger partial charge in [-0.15, -0.1) is 23.2 Å². The van der Waals surface area contributed by atoms with E-state index in [1.165, 1.54) is 49.8 Å². The lowest BCUT2D eigenvalue weighted by molar-refractivity contribution is -0.137. The number of halogens is 2. The van der Waals surface area contributed by atoms with Gasteiger partial charge in [-0.05, 0) is 23.3 Å². The Morgan fingerprint density at radius 2 is 1.60 bits per heavy atom. The van der Waals surface area contributed by atoms with Crippen LogP contribution in [0.5, 0.6) is 17.2 Å². The second kappa shape index (κ2) is 7.41. The zero-order chi connectivity index (χ0) is 25.6. The van der Waals surface area contributed by atoms with E-state index < -0.39 is 44.9 Å². The Kier molecular flexibility index (Phi) is 4.99. The Hall–Kier alpha value is -3.18. The number of hydrogen-bond acceptors (Lipinski definition) is 7. The summed E-state index contributed by atoms with van der Waals surface area (Å²) in [6, 6.07) is 2.13. The van der Waals surface area contributed by atoms with Gasteiger partial charge in [0.2, 0.25) is 5.75 Å². The van der Waals surface area contributed by atoms with Crippen LogP contribution in [-0.4, -0.2) is 66.8 Å². The zero-order valence-electron chi connectivity index (χ0n) is 19.2. The summed E-state index contributed by atoms with van der Waals surface area (Å²) in [5.41, 5.74) is -0.191. The minimum atomic E-state index is -1.96. The van der Waals surface area contributed by atoms with Crippen molar-refractivity contribution in [1.29, 1.82) is 0 Å². The van der Waals surface area contributed by atoms with Gasteiger partial charge in [0.05, 0.1) is 26.8 Å². The monoisotopic (exact) mass is 524 g/mol. The molecule has 3 heterocycles. The Balaban J connectivity index is 1.84. The van der Waals surface area contributed by atoms with Crippen LogP contribution < -0.4 is 20.9 Å². The quantitative estimate of drug-likeness (QED) is 0.355. The van der Waals surface area contributed by atoms with Gasteiger partial charge in [-0.1, -0.05) is 6.08 Å². The number of aromatic hydroxyl groups is 1. The standard InChI is InChI=1S/C22H22Cl2N4O7/c1-25-17(30)21(23)9-12-11(5-6-27-19(32)26(2)20(33)28(12)27)15(22(21,24)18(25)31)10-7-13(34-3)16(29)14(8-10)35-4/h5,7-8,12,15,29H,6,9H2,1-4H3/t12-,15+,21-,22+/m1/s1. The van der Waals surface area contributed by atoms with Crippen LogP contribution in [0.1, 0.15) is 23.9 Å². The summed E-state index contributed by atoms with van der Waals surface area (Å²) in [4.78, 5) is 49.5. The SMILES string of the molecule is COc1cc([C@H]2C3=CCn4c(=O)n(C)c(=O)n4[C@@H]3C[C@@]3(Cl)C(=O)N(C)C(=O)[C@@]23Cl)cc(OC)c1O. The molecular formula is C22H22Cl2N4O7. The minimum absolute atomic E-state index is 0.0455. The van der Waals surface area contributed by atoms with Crippen molar-refractivity contribution < 1.29 is 24.2 Å². The number of rotatable bonds is 3. The van der Waals surface area contributed by atoms with E-state index in [1.54, 1.807) is 6.08 Å². The Morgan fingerprint density at radius 3 is 2.17 bits per heavy atom. The normalized spacial score (nSPS) is 29.4. The second-order valence-corrected chi connectivity index (χ2v) is 10.1. The van der Waals surface area contributed by atoms with Gasteiger partial charge in [-0.3, -0.25) is 14.5 Å². The fourth-order valence-corrected chi connectivity index (χ4v) is 6.57. The van der Waals surface area contributed by atoms with E-state index in [4.69, 9.17) is 32.7 Å². The lowest BCUT2D eigenvalue weighted by Gasteiger charge is -2.49. The lowest BCUT2D eigenvalue weighted by Crippen LogP contribution is -2.59. The van der Waals surface area contributed by atoms with Gasteiger partial charge < -0.3 is 14.6 Å². The molecule has 4 atom stereocenters. The van der Waals surface area contributed by atoms with E-state index in [0.29, 0.717) is 11.1 Å². The van der Waals surface area contributed by atoms with Crippen molar-refractivity contribution in [2.24, 2.45) is 7.05 Å². The molecular weight excluding hydrogens is 503 g/mol. The third kappa shape index (κ3) is 2.68. The molecule has 5 rings (SSSR count). The Labute approximate surface area is 208 Å². The maximum atomic E-state index is 13.5. The number of benzene rings is 1. The summed E-state index contributed by atoms with van der Waals surface area (Å²) < 4.78 is 14.1. The number of phenolic OH excluding ortho intramolecular Hbond substituents is 1. The molecule has 2 amide bonds. The second-order valence-electron chi connectivity index (χ2n) is 8.86. The molecule has 3 aliphatic rings. The molecule has 2 aliphatic heterocycles. The number of carbonyl (C=O) groups excluding carboxylic acids is 2. The fraction of sp³-hybridized carbons (Fsp3) is 0.455. The van der Waals surface area contributed by atoms with E-state index in [9.17, 15) is 24.3 Å². The van der Waals surface area contributed by atoms with E-state index in [-0.39, 0.29) is 30.2 Å². The molecule has 2 fully saturated rings. The maximum Gasteiger partial charge on any atom is 0.347 e. The number of imide groups is 1. The van der Waals surface area contributed by atoms with Crippen molar-refractivity contribution in [3.8, 4) is 17.2 Å². The number of carbonyl (C=O) groups is 2. The predicted molar refractivity (Wildman–Crippen MR) is 125 cm³/mol. The number of ether oxygens (including phenoxy) is 2. The van der Waals surface area contributed by atoms with Crippen LogP contribution in [0.25, 0.3) is 0 Å². The van der Waals surface area contributed by atoms with Crippen molar-refractivity contribution in [3.05, 3.63) is 50.3 Å². The van der Waals surface area contributed by atoms with Crippen LogP contribution in [0.4, 0.5) is 0 Å². The first-order valence-corrected chi connectivity index (χ1v) is 11.4. The smallest absolute Gasteiger partial charge is 0.347 e. The third-order valence-corrected chi connectivity index (χ3v) is 8.72. The lowest BCUT2D eigenvalue weighted by atomic mass is 9.64. The van der Waals surface area contributed by atoms with Gasteiger partial charge in [0.25, 0.3) is 11.8 Å². The van der Waals surface area contributed by atoms with Crippen LogP contribution >= 0.6 is 23.2 Å². The highest BCUT2D eigenvalue weighted by Crippen LogP contribution is 2.63. The summed E-state index contributed by atoms with van der Waals surface area (Å²) >= 11 is 14.1. The number of phenols is 1. The van der Waals surface area contributed by atoms with Gasteiger partial charge in [-0.2, -0.15) is 0 Å². The molecule has 186 valence electrons. The molecule has 1 saturated carbocycles. The summed E-state index contributed by atoms with van der Waals surface area (Å²) in [6.45, 7) is 0.0455. The molecule has 0 spiro atoms. The number of amides is 2. The number of fused-ring (bicyclic) bond motifs is 4. The van der Waals surface area contributed by atoms with Gasteiger partial charge >= 0.3 is 11.4 Å². The number of aromatic nitrogens is 3. The van der Waals surface area contributed by atoms with E-state index >= 15 is 0 Å². The molecule has 1 aromatic carbocycles. The highest BCUT2D eigenvalue weighted by Gasteiger charge is 2.74. The van der Waals surface area contributed by atoms with Crippen LogP contribution in [-0.2, 0) is 23.2 Å². The van der Waals surface area contributed by atoms with Gasteiger partial charge in [0.1, 0.15) is 0 Å². The third-order valence-electron chi connectivity index (χ3n) is 7.31. The molecule has 2 aromatic rings. The average Bonchev–Trinajstić information content (AvgIpc) is 3.14. The molecule has 1 aliphatic carbocycles. The molecule has 1 N–H and O–H groups in total. The first kappa shape index (κ1) is 23.6. The molecule has 13 heteroatoms. The number of likely N-dealkylation sites (tertiary alicyclic amines) is 1. The number of alkyl halides is 2. The number of hydrogen-bond donors (Lipinski definition) is 1. The predicted octanol–water partition coefficient (Wildman–Crippen LogP) is 0.694. The topological polar surface area (TPSA) is 125 Å². The average molecular weight is 525 g/mol. The van der Waals surface area contributed by atoms with E-state index in [0.717, 1.165) is 9.47 Å². The van der Waals surface area contributed by atoms with Gasteiger partial charge in [0, 0.05) is 26.4 Å². The molecule has 1 aromatic heterocycles. The summed E-state index contributed by atoms with van der Waals surface area (Å²) in [6.07, 6.45) is 1.53. The van der Waals surface area contributed by atoms with Crippen LogP contribution in [0, 0.1) is 0 Å². The van der Waals surface area contributed by atoms with E-state index in [2.05, 4.69) is 0 Å². The summed E-state index contributed by atoms with van der Waals surface area (Å²) in [5, 5.41) is 10.4. The highest BCUT2D eigenvalue weighted by molar-refractivity contribution is 6.53. The van der Waals surface area contributed by atoms with Crippen molar-refractivity contribution in [3.63, 3.8) is 0 Å².